The fourth-order valence-corrected chi connectivity index (χ4v) is 4.11. The lowest BCUT2D eigenvalue weighted by atomic mass is 10.2. The molecule has 0 aliphatic carbocycles. The van der Waals surface area contributed by atoms with Crippen molar-refractivity contribution in [2.24, 2.45) is 0 Å². The van der Waals surface area contributed by atoms with Gasteiger partial charge in [0.2, 0.25) is 0 Å². The van der Waals surface area contributed by atoms with E-state index in [0.717, 1.165) is 12.1 Å². The Morgan fingerprint density at radius 3 is 2.56 bits per heavy atom. The van der Waals surface area contributed by atoms with E-state index in [9.17, 15) is 23.3 Å². The average Bonchev–Trinajstić information content (AvgIpc) is 2.53. The molecule has 0 heterocycles. The number of ether oxygens (including phenoxy) is 1. The van der Waals surface area contributed by atoms with Gasteiger partial charge in [-0.3, -0.25) is 19.6 Å². The Bertz CT molecular complexity index is 964. The zero-order valence-electron chi connectivity index (χ0n) is 12.5. The summed E-state index contributed by atoms with van der Waals surface area (Å²) < 4.78 is 32.4. The molecule has 0 aliphatic heterocycles. The Hall–Kier alpha value is -2.17. The molecular weight excluding hydrogens is 440 g/mol. The molecule has 0 bridgehead atoms. The zero-order valence-corrected chi connectivity index (χ0v) is 15.7. The highest BCUT2D eigenvalue weighted by Crippen LogP contribution is 2.39. The van der Waals surface area contributed by atoms with Crippen LogP contribution < -0.4 is 9.46 Å². The molecule has 0 radical (unpaired) electrons. The SMILES string of the molecule is COc1c(S(=O)(=O)Nc2cccc(C(=O)Cl)c2)ccc([N+](=O)[O-])c1Br. The van der Waals surface area contributed by atoms with Gasteiger partial charge in [0.15, 0.2) is 5.75 Å². The van der Waals surface area contributed by atoms with Gasteiger partial charge >= 0.3 is 0 Å². The van der Waals surface area contributed by atoms with Crippen molar-refractivity contribution in [1.82, 2.24) is 0 Å². The molecule has 0 saturated heterocycles. The minimum absolute atomic E-state index is 0.100. The molecule has 0 unspecified atom stereocenters. The van der Waals surface area contributed by atoms with Crippen molar-refractivity contribution < 1.29 is 22.9 Å². The Labute approximate surface area is 156 Å². The molecule has 2 aromatic rings. The number of benzene rings is 2. The van der Waals surface area contributed by atoms with Crippen LogP contribution in [0.2, 0.25) is 0 Å². The number of hydrogen-bond donors (Lipinski definition) is 1. The van der Waals surface area contributed by atoms with Gasteiger partial charge in [-0.25, -0.2) is 8.42 Å². The first kappa shape index (κ1) is 19.2. The maximum Gasteiger partial charge on any atom is 0.287 e. The van der Waals surface area contributed by atoms with E-state index in [-0.39, 0.29) is 32.1 Å². The van der Waals surface area contributed by atoms with Gasteiger partial charge in [-0.05, 0) is 51.8 Å². The Morgan fingerprint density at radius 1 is 1.32 bits per heavy atom. The van der Waals surface area contributed by atoms with Crippen LogP contribution in [0.1, 0.15) is 10.4 Å². The molecule has 2 rings (SSSR count). The normalized spacial score (nSPS) is 11.0. The van der Waals surface area contributed by atoms with E-state index in [2.05, 4.69) is 20.7 Å². The van der Waals surface area contributed by atoms with Crippen LogP contribution >= 0.6 is 27.5 Å². The summed E-state index contributed by atoms with van der Waals surface area (Å²) in [7, 11) is -2.96. The maximum atomic E-state index is 12.6. The van der Waals surface area contributed by atoms with Crippen LogP contribution in [0.15, 0.2) is 45.8 Å². The zero-order chi connectivity index (χ0) is 18.8. The Balaban J connectivity index is 2.50. The number of anilines is 1. The molecule has 132 valence electrons. The highest BCUT2D eigenvalue weighted by Gasteiger charge is 2.27. The third-order valence-corrected chi connectivity index (χ3v) is 5.46. The van der Waals surface area contributed by atoms with E-state index >= 15 is 0 Å². The summed E-state index contributed by atoms with van der Waals surface area (Å²) in [4.78, 5) is 21.1. The van der Waals surface area contributed by atoms with Gasteiger partial charge < -0.3 is 4.74 Å². The van der Waals surface area contributed by atoms with Crippen molar-refractivity contribution >= 4 is 54.2 Å². The van der Waals surface area contributed by atoms with E-state index < -0.39 is 20.2 Å². The summed E-state index contributed by atoms with van der Waals surface area (Å²) in [6, 6.07) is 7.67. The monoisotopic (exact) mass is 448 g/mol. The van der Waals surface area contributed by atoms with Gasteiger partial charge in [-0.1, -0.05) is 6.07 Å². The molecule has 0 aromatic heterocycles. The summed E-state index contributed by atoms with van der Waals surface area (Å²) in [6.07, 6.45) is 0. The first-order valence-corrected chi connectivity index (χ1v) is 9.16. The smallest absolute Gasteiger partial charge is 0.287 e. The number of nitrogens with one attached hydrogen (secondary N) is 1. The predicted octanol–water partition coefficient (Wildman–Crippen LogP) is 3.55. The van der Waals surface area contributed by atoms with Gasteiger partial charge in [0.05, 0.1) is 12.0 Å². The van der Waals surface area contributed by atoms with Crippen LogP contribution in [0.3, 0.4) is 0 Å². The standard InChI is InChI=1S/C14H10BrClN2O6S/c1-24-13-11(6-5-10(12(13)15)18(20)21)25(22,23)17-9-4-2-3-8(7-9)14(16)19/h2-7,17H,1H3. The number of sulfonamides is 1. The highest BCUT2D eigenvalue weighted by atomic mass is 79.9. The lowest BCUT2D eigenvalue weighted by molar-refractivity contribution is -0.385. The van der Waals surface area contributed by atoms with Gasteiger partial charge in [0.25, 0.3) is 21.0 Å². The van der Waals surface area contributed by atoms with E-state index in [1.165, 1.54) is 31.4 Å². The predicted molar refractivity (Wildman–Crippen MR) is 94.8 cm³/mol. The number of rotatable bonds is 6. The summed E-state index contributed by atoms with van der Waals surface area (Å²) in [5, 5.41) is 10.2. The summed E-state index contributed by atoms with van der Waals surface area (Å²) in [5.41, 5.74) is -0.132. The lowest BCUT2D eigenvalue weighted by Gasteiger charge is -2.13. The largest absolute Gasteiger partial charge is 0.494 e. The van der Waals surface area contributed by atoms with Crippen molar-refractivity contribution in [3.8, 4) is 5.75 Å². The van der Waals surface area contributed by atoms with Crippen molar-refractivity contribution in [2.75, 3.05) is 11.8 Å². The van der Waals surface area contributed by atoms with Crippen LogP contribution in [-0.2, 0) is 10.0 Å². The second kappa shape index (κ2) is 7.38. The summed E-state index contributed by atoms with van der Waals surface area (Å²) in [5.74, 6) is -0.216. The minimum Gasteiger partial charge on any atom is -0.494 e. The first-order valence-electron chi connectivity index (χ1n) is 6.51. The van der Waals surface area contributed by atoms with Gasteiger partial charge in [0, 0.05) is 17.3 Å². The molecule has 25 heavy (non-hydrogen) atoms. The number of hydrogen-bond acceptors (Lipinski definition) is 6. The fourth-order valence-electron chi connectivity index (χ4n) is 1.99. The minimum atomic E-state index is -4.15. The summed E-state index contributed by atoms with van der Waals surface area (Å²) in [6.45, 7) is 0. The molecule has 2 aromatic carbocycles. The van der Waals surface area contributed by atoms with Gasteiger partial charge in [-0.15, -0.1) is 0 Å². The molecule has 0 fully saturated rings. The topological polar surface area (TPSA) is 116 Å². The maximum absolute atomic E-state index is 12.6. The van der Waals surface area contributed by atoms with Crippen LogP contribution in [0.25, 0.3) is 0 Å². The second-order valence-corrected chi connectivity index (χ2v) is 7.43. The first-order chi connectivity index (χ1) is 11.7. The van der Waals surface area contributed by atoms with E-state index in [1.807, 2.05) is 0 Å². The number of nitrogens with zero attached hydrogens (tertiary/aromatic N) is 1. The second-order valence-electron chi connectivity index (χ2n) is 4.65. The van der Waals surface area contributed by atoms with Crippen LogP contribution in [0, 0.1) is 10.1 Å². The molecule has 0 amide bonds. The number of halogens is 2. The number of carbonyl (C=O) groups is 1. The molecular formula is C14H10BrClN2O6S. The Morgan fingerprint density at radius 2 is 2.00 bits per heavy atom. The van der Waals surface area contributed by atoms with E-state index in [4.69, 9.17) is 16.3 Å². The lowest BCUT2D eigenvalue weighted by Crippen LogP contribution is -2.15. The number of nitro groups is 1. The van der Waals surface area contributed by atoms with Gasteiger partial charge in [-0.2, -0.15) is 0 Å². The molecule has 0 spiro atoms. The molecule has 1 N–H and O–H groups in total. The van der Waals surface area contributed by atoms with Crippen LogP contribution in [0.4, 0.5) is 11.4 Å². The van der Waals surface area contributed by atoms with Gasteiger partial charge in [0.1, 0.15) is 9.37 Å². The third kappa shape index (κ3) is 4.09. The average molecular weight is 450 g/mol. The van der Waals surface area contributed by atoms with Crippen LogP contribution in [0.5, 0.6) is 5.75 Å². The van der Waals surface area contributed by atoms with Crippen molar-refractivity contribution in [2.45, 2.75) is 4.90 Å². The van der Waals surface area contributed by atoms with Crippen molar-refractivity contribution in [3.63, 3.8) is 0 Å². The molecule has 8 nitrogen and oxygen atoms in total. The third-order valence-electron chi connectivity index (χ3n) is 3.07. The van der Waals surface area contributed by atoms with Crippen molar-refractivity contribution in [1.29, 1.82) is 0 Å². The van der Waals surface area contributed by atoms with Crippen molar-refractivity contribution in [3.05, 3.63) is 56.5 Å². The molecule has 0 saturated carbocycles. The van der Waals surface area contributed by atoms with E-state index in [1.54, 1.807) is 0 Å². The quantitative estimate of drug-likeness (QED) is 0.410. The highest BCUT2D eigenvalue weighted by molar-refractivity contribution is 9.10. The molecule has 11 heteroatoms. The molecule has 0 aliphatic rings. The number of nitro benzene ring substituents is 1. The van der Waals surface area contributed by atoms with E-state index in [0.29, 0.717) is 0 Å². The Kier molecular flexibility index (Phi) is 5.65. The summed E-state index contributed by atoms with van der Waals surface area (Å²) >= 11 is 8.35. The van der Waals surface area contributed by atoms with Crippen LogP contribution in [-0.4, -0.2) is 25.7 Å². The fraction of sp³-hybridized carbons (Fsp3) is 0.0714. The number of methoxy groups -OCH3 is 1. The molecule has 0 atom stereocenters. The number of carbonyl (C=O) groups excluding carboxylic acids is 1.